The van der Waals surface area contributed by atoms with Crippen LogP contribution in [0.2, 0.25) is 5.02 Å². The minimum atomic E-state index is -3.77. The lowest BCUT2D eigenvalue weighted by molar-refractivity contribution is 0.414. The number of anilines is 1. The molecule has 4 rings (SSSR count). The number of sulfonamides is 1. The van der Waals surface area contributed by atoms with Crippen LogP contribution in [-0.4, -0.2) is 19.9 Å². The van der Waals surface area contributed by atoms with Crippen molar-refractivity contribution in [2.24, 2.45) is 0 Å². The highest BCUT2D eigenvalue weighted by Crippen LogP contribution is 2.30. The Morgan fingerprint density at radius 2 is 1.90 bits per heavy atom. The van der Waals surface area contributed by atoms with Crippen molar-refractivity contribution in [1.29, 1.82) is 0 Å². The van der Waals surface area contributed by atoms with E-state index in [0.717, 1.165) is 23.1 Å². The highest BCUT2D eigenvalue weighted by atomic mass is 35.5. The van der Waals surface area contributed by atoms with E-state index in [0.29, 0.717) is 16.6 Å². The molecule has 0 saturated heterocycles. The minimum Gasteiger partial charge on any atom is -0.497 e. The van der Waals surface area contributed by atoms with Gasteiger partial charge in [-0.3, -0.25) is 4.72 Å². The highest BCUT2D eigenvalue weighted by molar-refractivity contribution is 7.92. The number of hydrogen-bond acceptors (Lipinski definition) is 3. The van der Waals surface area contributed by atoms with Gasteiger partial charge in [-0.05, 0) is 54.5 Å². The van der Waals surface area contributed by atoms with Gasteiger partial charge in [0.05, 0.1) is 22.5 Å². The van der Waals surface area contributed by atoms with Crippen molar-refractivity contribution in [2.45, 2.75) is 11.3 Å². The zero-order valence-corrected chi connectivity index (χ0v) is 17.2. The number of halogens is 1. The molecule has 148 valence electrons. The van der Waals surface area contributed by atoms with E-state index in [4.69, 9.17) is 16.3 Å². The van der Waals surface area contributed by atoms with Gasteiger partial charge in [-0.25, -0.2) is 8.42 Å². The van der Waals surface area contributed by atoms with Crippen molar-refractivity contribution in [2.75, 3.05) is 11.8 Å². The van der Waals surface area contributed by atoms with Crippen LogP contribution >= 0.6 is 11.6 Å². The van der Waals surface area contributed by atoms with Crippen LogP contribution in [-0.2, 0) is 10.0 Å². The van der Waals surface area contributed by atoms with Crippen LogP contribution in [0.4, 0.5) is 5.82 Å². The molecule has 1 aromatic carbocycles. The molecule has 5 nitrogen and oxygen atoms in total. The molecule has 2 heterocycles. The number of allylic oxidation sites excluding steroid dienone is 6. The van der Waals surface area contributed by atoms with Crippen molar-refractivity contribution >= 4 is 38.5 Å². The van der Waals surface area contributed by atoms with Gasteiger partial charge in [0.25, 0.3) is 10.0 Å². The molecule has 29 heavy (non-hydrogen) atoms. The summed E-state index contributed by atoms with van der Waals surface area (Å²) in [5.74, 6) is 0.995. The third kappa shape index (κ3) is 3.95. The number of hydrogen-bond donors (Lipinski definition) is 1. The predicted molar refractivity (Wildman–Crippen MR) is 117 cm³/mol. The van der Waals surface area contributed by atoms with E-state index in [2.05, 4.69) is 16.9 Å². The molecular weight excluding hydrogens is 408 g/mol. The lowest BCUT2D eigenvalue weighted by atomic mass is 10.1. The third-order valence-electron chi connectivity index (χ3n) is 4.65. The molecule has 1 N–H and O–H groups in total. The SMILES string of the molecule is COc1ccc(S(=O)(=O)Nc2ccc(Cl)c3cc(C4=CCC=CC=C4)cn23)cc1. The predicted octanol–water partition coefficient (Wildman–Crippen LogP) is 5.30. The summed E-state index contributed by atoms with van der Waals surface area (Å²) in [6, 6.07) is 11.5. The molecule has 1 aliphatic rings. The second-order valence-corrected chi connectivity index (χ2v) is 8.60. The molecule has 1 aliphatic carbocycles. The van der Waals surface area contributed by atoms with Crippen LogP contribution in [0.15, 0.2) is 83.9 Å². The number of aromatic nitrogens is 1. The molecule has 0 radical (unpaired) electrons. The Hall–Kier alpha value is -2.96. The number of benzene rings is 1. The van der Waals surface area contributed by atoms with Gasteiger partial charge in [-0.15, -0.1) is 0 Å². The molecule has 0 unspecified atom stereocenters. The van der Waals surface area contributed by atoms with Gasteiger partial charge < -0.3 is 9.14 Å². The van der Waals surface area contributed by atoms with Gasteiger partial charge in [0.2, 0.25) is 0 Å². The fourth-order valence-corrected chi connectivity index (χ4v) is 4.41. The molecule has 0 fully saturated rings. The molecule has 0 amide bonds. The number of nitrogens with zero attached hydrogens (tertiary/aromatic N) is 1. The maximum atomic E-state index is 12.9. The smallest absolute Gasteiger partial charge is 0.263 e. The van der Waals surface area contributed by atoms with Crippen LogP contribution in [0.5, 0.6) is 5.75 Å². The van der Waals surface area contributed by atoms with Gasteiger partial charge in [0.1, 0.15) is 11.6 Å². The van der Waals surface area contributed by atoms with Gasteiger partial charge in [0, 0.05) is 11.8 Å². The fraction of sp³-hybridized carbons (Fsp3) is 0.0909. The Balaban J connectivity index is 1.73. The van der Waals surface area contributed by atoms with Gasteiger partial charge in [-0.1, -0.05) is 42.0 Å². The molecule has 7 heteroatoms. The number of rotatable bonds is 5. The average molecular weight is 427 g/mol. The Kier molecular flexibility index (Phi) is 5.22. The van der Waals surface area contributed by atoms with Crippen molar-refractivity contribution in [3.8, 4) is 5.75 Å². The molecule has 0 saturated carbocycles. The molecule has 3 aromatic rings. The maximum Gasteiger partial charge on any atom is 0.263 e. The quantitative estimate of drug-likeness (QED) is 0.602. The zero-order chi connectivity index (χ0) is 20.4. The van der Waals surface area contributed by atoms with Crippen LogP contribution in [0.3, 0.4) is 0 Å². The molecule has 2 aromatic heterocycles. The van der Waals surface area contributed by atoms with Gasteiger partial charge >= 0.3 is 0 Å². The number of ether oxygens (including phenoxy) is 1. The van der Waals surface area contributed by atoms with Crippen LogP contribution in [0.25, 0.3) is 11.1 Å². The van der Waals surface area contributed by atoms with Crippen molar-refractivity contribution in [3.05, 3.63) is 89.6 Å². The molecule has 0 bridgehead atoms. The van der Waals surface area contributed by atoms with Crippen LogP contribution in [0, 0.1) is 0 Å². The summed E-state index contributed by atoms with van der Waals surface area (Å²) in [4.78, 5) is 0.147. The molecule has 0 atom stereocenters. The summed E-state index contributed by atoms with van der Waals surface area (Å²) in [5.41, 5.74) is 2.74. The first kappa shape index (κ1) is 19.4. The Morgan fingerprint density at radius 1 is 1.10 bits per heavy atom. The summed E-state index contributed by atoms with van der Waals surface area (Å²) in [7, 11) is -2.24. The first-order valence-electron chi connectivity index (χ1n) is 8.99. The van der Waals surface area contributed by atoms with Crippen molar-refractivity contribution < 1.29 is 13.2 Å². The molecular formula is C22H19ClN2O3S. The van der Waals surface area contributed by atoms with Crippen molar-refractivity contribution in [1.82, 2.24) is 4.40 Å². The van der Waals surface area contributed by atoms with Crippen molar-refractivity contribution in [3.63, 3.8) is 0 Å². The van der Waals surface area contributed by atoms with E-state index >= 15 is 0 Å². The second-order valence-electron chi connectivity index (χ2n) is 6.51. The van der Waals surface area contributed by atoms with E-state index in [1.54, 1.807) is 28.7 Å². The largest absolute Gasteiger partial charge is 0.497 e. The monoisotopic (exact) mass is 426 g/mol. The van der Waals surface area contributed by atoms with E-state index in [1.165, 1.54) is 19.2 Å². The van der Waals surface area contributed by atoms with E-state index in [-0.39, 0.29) is 4.90 Å². The minimum absolute atomic E-state index is 0.147. The zero-order valence-electron chi connectivity index (χ0n) is 15.7. The normalized spacial score (nSPS) is 13.9. The number of pyridine rings is 1. The highest BCUT2D eigenvalue weighted by Gasteiger charge is 2.17. The Morgan fingerprint density at radius 3 is 2.66 bits per heavy atom. The maximum absolute atomic E-state index is 12.9. The summed E-state index contributed by atoms with van der Waals surface area (Å²) >= 11 is 6.37. The first-order chi connectivity index (χ1) is 14.0. The van der Waals surface area contributed by atoms with E-state index < -0.39 is 10.0 Å². The van der Waals surface area contributed by atoms with Gasteiger partial charge in [0.15, 0.2) is 0 Å². The lowest BCUT2D eigenvalue weighted by Gasteiger charge is -2.11. The average Bonchev–Trinajstić information content (AvgIpc) is 3.00. The first-order valence-corrected chi connectivity index (χ1v) is 10.9. The Labute approximate surface area is 174 Å². The molecule has 0 aliphatic heterocycles. The lowest BCUT2D eigenvalue weighted by Crippen LogP contribution is -2.15. The Bertz CT molecular complexity index is 1250. The summed E-state index contributed by atoms with van der Waals surface area (Å²) < 4.78 is 35.2. The number of fused-ring (bicyclic) bond motifs is 1. The second kappa shape index (κ2) is 7.81. The third-order valence-corrected chi connectivity index (χ3v) is 6.34. The fourth-order valence-electron chi connectivity index (χ4n) is 3.15. The molecule has 0 spiro atoms. The van der Waals surface area contributed by atoms with Crippen LogP contribution < -0.4 is 9.46 Å². The number of methoxy groups -OCH3 is 1. The summed E-state index contributed by atoms with van der Waals surface area (Å²) in [6.07, 6.45) is 12.9. The standard InChI is InChI=1S/C22H19ClN2O3S/c1-28-18-8-10-19(11-9-18)29(26,27)24-22-13-12-20(23)21-14-17(15-25(21)22)16-6-4-2-3-5-7-16/h2-4,6-15,24H,5H2,1H3. The number of nitrogens with one attached hydrogen (secondary N) is 1. The van der Waals surface area contributed by atoms with E-state index in [1.807, 2.05) is 30.5 Å². The van der Waals surface area contributed by atoms with E-state index in [9.17, 15) is 8.42 Å². The summed E-state index contributed by atoms with van der Waals surface area (Å²) in [6.45, 7) is 0. The van der Waals surface area contributed by atoms with Crippen LogP contribution in [0.1, 0.15) is 12.0 Å². The topological polar surface area (TPSA) is 59.8 Å². The van der Waals surface area contributed by atoms with Gasteiger partial charge in [-0.2, -0.15) is 0 Å². The summed E-state index contributed by atoms with van der Waals surface area (Å²) in [5, 5.41) is 0.542.